The first kappa shape index (κ1) is 14.6. The number of rotatable bonds is 6. The van der Waals surface area contributed by atoms with E-state index < -0.39 is 0 Å². The van der Waals surface area contributed by atoms with Crippen molar-refractivity contribution in [1.29, 1.82) is 0 Å². The maximum atomic E-state index is 9.19. The highest BCUT2D eigenvalue weighted by atomic mass is 16.7. The van der Waals surface area contributed by atoms with Gasteiger partial charge in [-0.1, -0.05) is 18.2 Å². The van der Waals surface area contributed by atoms with Crippen LogP contribution in [0.2, 0.25) is 0 Å². The fourth-order valence-electron chi connectivity index (χ4n) is 2.86. The Morgan fingerprint density at radius 3 is 2.90 bits per heavy atom. The first-order chi connectivity index (χ1) is 10.4. The molecule has 2 heterocycles. The molecule has 114 valence electrons. The summed E-state index contributed by atoms with van der Waals surface area (Å²) in [6, 6.07) is 8.00. The highest BCUT2D eigenvalue weighted by Gasteiger charge is 2.16. The minimum absolute atomic E-state index is 0.0572. The highest BCUT2D eigenvalue weighted by Crippen LogP contribution is 2.27. The molecule has 0 spiro atoms. The third kappa shape index (κ3) is 3.46. The van der Waals surface area contributed by atoms with Crippen molar-refractivity contribution in [3.8, 4) is 0 Å². The molecule has 1 unspecified atom stereocenters. The lowest BCUT2D eigenvalue weighted by Crippen LogP contribution is -2.23. The van der Waals surface area contributed by atoms with Gasteiger partial charge in [-0.25, -0.2) is 0 Å². The first-order valence-corrected chi connectivity index (χ1v) is 7.72. The topological polar surface area (TPSA) is 51.8 Å². The summed E-state index contributed by atoms with van der Waals surface area (Å²) in [4.78, 5) is 0. The quantitative estimate of drug-likeness (QED) is 0.888. The molecule has 1 saturated heterocycles. The number of para-hydroxylation sites is 1. The molecule has 1 aliphatic rings. The summed E-state index contributed by atoms with van der Waals surface area (Å²) in [6.07, 6.45) is 4.56. The zero-order valence-corrected chi connectivity index (χ0v) is 12.2. The van der Waals surface area contributed by atoms with Crippen molar-refractivity contribution in [2.24, 2.45) is 0 Å². The van der Waals surface area contributed by atoms with Crippen molar-refractivity contribution in [3.63, 3.8) is 0 Å². The molecule has 3 rings (SSSR count). The molecule has 1 N–H and O–H groups in total. The van der Waals surface area contributed by atoms with Gasteiger partial charge in [0.25, 0.3) is 0 Å². The summed E-state index contributed by atoms with van der Waals surface area (Å²) in [5.41, 5.74) is 2.03. The average Bonchev–Trinajstić information content (AvgIpc) is 2.87. The molecule has 4 nitrogen and oxygen atoms in total. The van der Waals surface area contributed by atoms with Gasteiger partial charge >= 0.3 is 0 Å². The van der Waals surface area contributed by atoms with Crippen LogP contribution in [0.3, 0.4) is 0 Å². The van der Waals surface area contributed by atoms with E-state index in [2.05, 4.69) is 6.07 Å². The number of aliphatic hydroxyl groups excluding tert-OH is 1. The van der Waals surface area contributed by atoms with Crippen molar-refractivity contribution in [3.05, 3.63) is 35.6 Å². The molecule has 1 atom stereocenters. The maximum Gasteiger partial charge on any atom is 0.157 e. The van der Waals surface area contributed by atoms with Gasteiger partial charge in [0.1, 0.15) is 11.3 Å². The molecule has 1 fully saturated rings. The number of hydrogen-bond acceptors (Lipinski definition) is 4. The Morgan fingerprint density at radius 2 is 2.10 bits per heavy atom. The Hall–Kier alpha value is -1.36. The Kier molecular flexibility index (Phi) is 4.91. The van der Waals surface area contributed by atoms with Crippen LogP contribution in [0.25, 0.3) is 11.0 Å². The molecule has 1 aliphatic heterocycles. The summed E-state index contributed by atoms with van der Waals surface area (Å²) in [5, 5.41) is 10.3. The lowest BCUT2D eigenvalue weighted by atomic mass is 10.1. The highest BCUT2D eigenvalue weighted by molar-refractivity contribution is 5.82. The molecule has 1 aromatic heterocycles. The van der Waals surface area contributed by atoms with Crippen molar-refractivity contribution in [2.45, 2.75) is 38.4 Å². The molecule has 4 heteroatoms. The third-order valence-electron chi connectivity index (χ3n) is 3.91. The summed E-state index contributed by atoms with van der Waals surface area (Å²) in [6.45, 7) is 1.51. The van der Waals surface area contributed by atoms with Crippen LogP contribution in [-0.4, -0.2) is 31.2 Å². The molecule has 0 aliphatic carbocycles. The van der Waals surface area contributed by atoms with Crippen molar-refractivity contribution >= 4 is 11.0 Å². The second kappa shape index (κ2) is 7.07. The van der Waals surface area contributed by atoms with Crippen LogP contribution >= 0.6 is 0 Å². The van der Waals surface area contributed by atoms with E-state index in [1.807, 2.05) is 18.2 Å². The van der Waals surface area contributed by atoms with E-state index in [1.54, 1.807) is 0 Å². The second-order valence-corrected chi connectivity index (χ2v) is 5.39. The fraction of sp³-hybridized carbons (Fsp3) is 0.529. The van der Waals surface area contributed by atoms with Gasteiger partial charge in [-0.3, -0.25) is 0 Å². The Bertz CT molecular complexity index is 569. The van der Waals surface area contributed by atoms with Crippen LogP contribution in [0.1, 0.15) is 30.6 Å². The second-order valence-electron chi connectivity index (χ2n) is 5.39. The lowest BCUT2D eigenvalue weighted by Gasteiger charge is -2.22. The van der Waals surface area contributed by atoms with Crippen molar-refractivity contribution in [2.75, 3.05) is 19.8 Å². The Morgan fingerprint density at radius 1 is 1.19 bits per heavy atom. The standard InChI is InChI=1S/C17H22O4/c18-10-8-16-14(13-5-1-2-6-15(13)21-16)9-12-20-17-7-3-4-11-19-17/h1-2,5-6,17-18H,3-4,7-12H2. The number of furan rings is 1. The smallest absolute Gasteiger partial charge is 0.157 e. The Balaban J connectivity index is 1.68. The molecule has 21 heavy (non-hydrogen) atoms. The largest absolute Gasteiger partial charge is 0.461 e. The van der Waals surface area contributed by atoms with Gasteiger partial charge in [0, 0.05) is 24.0 Å². The predicted octanol–water partition coefficient (Wildman–Crippen LogP) is 3.05. The Labute approximate surface area is 124 Å². The molecule has 0 radical (unpaired) electrons. The third-order valence-corrected chi connectivity index (χ3v) is 3.91. The van der Waals surface area contributed by atoms with Crippen LogP contribution in [-0.2, 0) is 22.3 Å². The van der Waals surface area contributed by atoms with Crippen LogP contribution in [0.4, 0.5) is 0 Å². The molecule has 0 amide bonds. The zero-order chi connectivity index (χ0) is 14.5. The van der Waals surface area contributed by atoms with E-state index in [-0.39, 0.29) is 12.9 Å². The van der Waals surface area contributed by atoms with E-state index in [9.17, 15) is 5.11 Å². The van der Waals surface area contributed by atoms with Gasteiger partial charge in [0.05, 0.1) is 13.2 Å². The van der Waals surface area contributed by atoms with Gasteiger partial charge in [-0.15, -0.1) is 0 Å². The van der Waals surface area contributed by atoms with E-state index in [1.165, 1.54) is 6.42 Å². The predicted molar refractivity (Wildman–Crippen MR) is 80.3 cm³/mol. The number of aliphatic hydroxyl groups is 1. The van der Waals surface area contributed by atoms with Crippen LogP contribution in [0, 0.1) is 0 Å². The van der Waals surface area contributed by atoms with Gasteiger partial charge in [-0.2, -0.15) is 0 Å². The first-order valence-electron chi connectivity index (χ1n) is 7.72. The molecule has 1 aromatic carbocycles. The fourth-order valence-corrected chi connectivity index (χ4v) is 2.86. The van der Waals surface area contributed by atoms with Gasteiger partial charge in [0.2, 0.25) is 0 Å². The van der Waals surface area contributed by atoms with E-state index in [0.717, 1.165) is 48.2 Å². The van der Waals surface area contributed by atoms with Gasteiger partial charge in [-0.05, 0) is 31.7 Å². The summed E-state index contributed by atoms with van der Waals surface area (Å²) in [7, 11) is 0. The van der Waals surface area contributed by atoms with Gasteiger partial charge < -0.3 is 19.0 Å². The summed E-state index contributed by atoms with van der Waals surface area (Å²) < 4.78 is 17.2. The normalized spacial score (nSPS) is 19.2. The zero-order valence-electron chi connectivity index (χ0n) is 12.2. The van der Waals surface area contributed by atoms with E-state index >= 15 is 0 Å². The molecular weight excluding hydrogens is 268 g/mol. The SMILES string of the molecule is OCCc1oc2ccccc2c1CCOC1CCCCO1. The molecule has 0 saturated carbocycles. The number of hydrogen-bond donors (Lipinski definition) is 1. The number of fused-ring (bicyclic) bond motifs is 1. The molecule has 2 aromatic rings. The van der Waals surface area contributed by atoms with Crippen molar-refractivity contribution in [1.82, 2.24) is 0 Å². The molecular formula is C17H22O4. The molecule has 0 bridgehead atoms. The summed E-state index contributed by atoms with van der Waals surface area (Å²) in [5.74, 6) is 0.867. The number of benzene rings is 1. The van der Waals surface area contributed by atoms with E-state index in [0.29, 0.717) is 13.0 Å². The average molecular weight is 290 g/mol. The van der Waals surface area contributed by atoms with E-state index in [4.69, 9.17) is 13.9 Å². The lowest BCUT2D eigenvalue weighted by molar-refractivity contribution is -0.161. The minimum atomic E-state index is -0.0572. The minimum Gasteiger partial charge on any atom is -0.461 e. The number of ether oxygens (including phenoxy) is 2. The maximum absolute atomic E-state index is 9.19. The van der Waals surface area contributed by atoms with Crippen molar-refractivity contribution < 1.29 is 19.0 Å². The van der Waals surface area contributed by atoms with Crippen LogP contribution < -0.4 is 0 Å². The summed E-state index contributed by atoms with van der Waals surface area (Å²) >= 11 is 0. The van der Waals surface area contributed by atoms with Crippen LogP contribution in [0.5, 0.6) is 0 Å². The van der Waals surface area contributed by atoms with Crippen LogP contribution in [0.15, 0.2) is 28.7 Å². The monoisotopic (exact) mass is 290 g/mol. The van der Waals surface area contributed by atoms with Gasteiger partial charge in [0.15, 0.2) is 6.29 Å².